The molecule has 3 aliphatic rings. The molecule has 2 N–H and O–H groups in total. The molecule has 2 saturated carbocycles. The Morgan fingerprint density at radius 1 is 1.10 bits per heavy atom. The molecule has 0 bridgehead atoms. The first-order valence-electron chi connectivity index (χ1n) is 14.2. The van der Waals surface area contributed by atoms with Gasteiger partial charge in [-0.25, -0.2) is 8.78 Å². The smallest absolute Gasteiger partial charge is 0.265 e. The van der Waals surface area contributed by atoms with Crippen LogP contribution in [0.1, 0.15) is 60.2 Å². The molecular formula is C29H35ClF2N4O4S. The van der Waals surface area contributed by atoms with Gasteiger partial charge in [0.1, 0.15) is 12.6 Å². The Labute approximate surface area is 247 Å². The Morgan fingerprint density at radius 2 is 1.80 bits per heavy atom. The molecule has 5 rings (SSSR count). The molecule has 8 nitrogen and oxygen atoms in total. The summed E-state index contributed by atoms with van der Waals surface area (Å²) in [5, 5.41) is 5.73. The molecule has 2 aliphatic carbocycles. The van der Waals surface area contributed by atoms with Crippen molar-refractivity contribution in [1.29, 1.82) is 0 Å². The van der Waals surface area contributed by atoms with Crippen molar-refractivity contribution < 1.29 is 27.9 Å². The van der Waals surface area contributed by atoms with Crippen LogP contribution in [0.3, 0.4) is 0 Å². The van der Waals surface area contributed by atoms with E-state index in [0.717, 1.165) is 50.1 Å². The maximum absolute atomic E-state index is 14.1. The molecule has 0 radical (unpaired) electrons. The number of rotatable bonds is 12. The zero-order valence-electron chi connectivity index (χ0n) is 22.8. The maximum Gasteiger partial charge on any atom is 0.265 e. The first kappa shape index (κ1) is 29.9. The van der Waals surface area contributed by atoms with Gasteiger partial charge in [0.15, 0.2) is 0 Å². The number of halogens is 3. The highest BCUT2D eigenvalue weighted by Crippen LogP contribution is 2.34. The van der Waals surface area contributed by atoms with Crippen molar-refractivity contribution >= 4 is 52.0 Å². The van der Waals surface area contributed by atoms with Gasteiger partial charge in [0.25, 0.3) is 18.2 Å². The fourth-order valence-corrected chi connectivity index (χ4v) is 6.45. The largest absolute Gasteiger partial charge is 0.370 e. The van der Waals surface area contributed by atoms with E-state index in [9.17, 15) is 23.2 Å². The summed E-state index contributed by atoms with van der Waals surface area (Å²) >= 11 is 7.17. The number of benzene rings is 1. The summed E-state index contributed by atoms with van der Waals surface area (Å²) in [6.45, 7) is 1.84. The number of amides is 3. The van der Waals surface area contributed by atoms with Crippen LogP contribution in [0.25, 0.3) is 0 Å². The van der Waals surface area contributed by atoms with Crippen LogP contribution in [0.5, 0.6) is 0 Å². The van der Waals surface area contributed by atoms with Gasteiger partial charge in [0, 0.05) is 37.4 Å². The van der Waals surface area contributed by atoms with Crippen LogP contribution in [-0.2, 0) is 14.3 Å². The molecule has 0 spiro atoms. The van der Waals surface area contributed by atoms with Crippen LogP contribution in [0.2, 0.25) is 4.34 Å². The number of nitrogens with one attached hydrogen (secondary N) is 2. The number of anilines is 2. The van der Waals surface area contributed by atoms with Crippen molar-refractivity contribution in [2.75, 3.05) is 49.6 Å². The Balaban J connectivity index is 1.36. The van der Waals surface area contributed by atoms with E-state index in [4.69, 9.17) is 16.3 Å². The summed E-state index contributed by atoms with van der Waals surface area (Å²) in [5.74, 6) is -0.0867. The minimum absolute atomic E-state index is 0.0711. The van der Waals surface area contributed by atoms with Gasteiger partial charge in [0.2, 0.25) is 5.91 Å². The lowest BCUT2D eigenvalue weighted by Crippen LogP contribution is -2.54. The van der Waals surface area contributed by atoms with Gasteiger partial charge >= 0.3 is 0 Å². The van der Waals surface area contributed by atoms with Crippen molar-refractivity contribution in [1.82, 2.24) is 10.2 Å². The SMILES string of the molecule is O=C(NC[C@@H](C(=O)Nc1ccc(N2CCOCC2=O)c(C(F)F)c1)N(CC1CCC1)CC1CCC1)c1ccc(Cl)s1. The Hall–Kier alpha value is -2.60. The van der Waals surface area contributed by atoms with Gasteiger partial charge in [-0.15, -0.1) is 11.3 Å². The van der Waals surface area contributed by atoms with E-state index < -0.39 is 12.5 Å². The van der Waals surface area contributed by atoms with Gasteiger partial charge in [0.05, 0.1) is 21.5 Å². The maximum atomic E-state index is 14.1. The summed E-state index contributed by atoms with van der Waals surface area (Å²) in [6.07, 6.45) is 3.92. The summed E-state index contributed by atoms with van der Waals surface area (Å²) in [7, 11) is 0. The standard InChI is InChI=1S/C29H35ClF2N4O4S/c30-25-10-9-24(41-25)29(39)33-14-23(35(15-18-3-1-4-18)16-19-5-2-6-19)28(38)34-20-7-8-22(21(13-20)27(31)32)36-11-12-40-17-26(36)37/h7-10,13,18-19,23,27H,1-6,11-12,14-17H2,(H,33,39)(H,34,38)/t23-/m0/s1. The summed E-state index contributed by atoms with van der Waals surface area (Å²) < 4.78 is 33.9. The molecule has 2 heterocycles. The zero-order valence-corrected chi connectivity index (χ0v) is 24.3. The second-order valence-corrected chi connectivity index (χ2v) is 12.8. The van der Waals surface area contributed by atoms with E-state index in [1.54, 1.807) is 12.1 Å². The highest BCUT2D eigenvalue weighted by Gasteiger charge is 2.34. The number of alkyl halides is 2. The molecule has 12 heteroatoms. The number of thiophene rings is 1. The lowest BCUT2D eigenvalue weighted by atomic mass is 9.82. The molecule has 1 aromatic carbocycles. The number of hydrogen-bond donors (Lipinski definition) is 2. The van der Waals surface area contributed by atoms with Crippen LogP contribution >= 0.6 is 22.9 Å². The van der Waals surface area contributed by atoms with Crippen LogP contribution in [0.4, 0.5) is 20.2 Å². The molecule has 1 aliphatic heterocycles. The molecule has 2 aromatic rings. The van der Waals surface area contributed by atoms with Gasteiger partial charge in [-0.05, 0) is 67.9 Å². The Kier molecular flexibility index (Phi) is 9.90. The molecule has 1 saturated heterocycles. The number of ether oxygens (including phenoxy) is 1. The third-order valence-electron chi connectivity index (χ3n) is 8.24. The van der Waals surface area contributed by atoms with Gasteiger partial charge in [-0.1, -0.05) is 24.4 Å². The van der Waals surface area contributed by atoms with E-state index in [1.165, 1.54) is 35.9 Å². The van der Waals surface area contributed by atoms with Crippen molar-refractivity contribution in [2.24, 2.45) is 11.8 Å². The Bertz CT molecular complexity index is 1240. The van der Waals surface area contributed by atoms with Gasteiger partial charge < -0.3 is 20.3 Å². The van der Waals surface area contributed by atoms with Crippen molar-refractivity contribution in [2.45, 2.75) is 51.0 Å². The highest BCUT2D eigenvalue weighted by atomic mass is 35.5. The third-order valence-corrected chi connectivity index (χ3v) is 9.47. The van der Waals surface area contributed by atoms with E-state index >= 15 is 0 Å². The minimum Gasteiger partial charge on any atom is -0.370 e. The van der Waals surface area contributed by atoms with Crippen LogP contribution in [0.15, 0.2) is 30.3 Å². The number of carbonyl (C=O) groups is 3. The Morgan fingerprint density at radius 3 is 2.37 bits per heavy atom. The average Bonchev–Trinajstić information content (AvgIpc) is 3.34. The molecule has 3 fully saturated rings. The van der Waals surface area contributed by atoms with Crippen molar-refractivity contribution in [3.8, 4) is 0 Å². The van der Waals surface area contributed by atoms with Crippen LogP contribution in [0, 0.1) is 11.8 Å². The summed E-state index contributed by atoms with van der Waals surface area (Å²) in [5.41, 5.74) is -0.0112. The lowest BCUT2D eigenvalue weighted by molar-refractivity contribution is -0.125. The molecule has 3 amide bonds. The molecule has 222 valence electrons. The number of hydrogen-bond acceptors (Lipinski definition) is 6. The van der Waals surface area contributed by atoms with E-state index in [0.29, 0.717) is 21.0 Å². The van der Waals surface area contributed by atoms with E-state index in [1.807, 2.05) is 0 Å². The fourth-order valence-electron chi connectivity index (χ4n) is 5.49. The number of nitrogens with zero attached hydrogens (tertiary/aromatic N) is 2. The molecule has 1 atom stereocenters. The minimum atomic E-state index is -2.85. The monoisotopic (exact) mass is 608 g/mol. The quantitative estimate of drug-likeness (QED) is 0.339. The lowest BCUT2D eigenvalue weighted by Gasteiger charge is -2.40. The molecule has 41 heavy (non-hydrogen) atoms. The first-order valence-corrected chi connectivity index (χ1v) is 15.4. The second-order valence-electron chi connectivity index (χ2n) is 11.0. The molecular weight excluding hydrogens is 574 g/mol. The zero-order chi connectivity index (χ0) is 28.9. The normalized spacial score (nSPS) is 18.8. The average molecular weight is 609 g/mol. The number of carbonyl (C=O) groups excluding carboxylic acids is 3. The summed E-state index contributed by atoms with van der Waals surface area (Å²) in [4.78, 5) is 42.9. The fraction of sp³-hybridized carbons (Fsp3) is 0.552. The van der Waals surface area contributed by atoms with E-state index in [2.05, 4.69) is 15.5 Å². The predicted molar refractivity (Wildman–Crippen MR) is 155 cm³/mol. The predicted octanol–water partition coefficient (Wildman–Crippen LogP) is 5.34. The molecule has 0 unspecified atom stereocenters. The highest BCUT2D eigenvalue weighted by molar-refractivity contribution is 7.18. The van der Waals surface area contributed by atoms with Crippen LogP contribution in [-0.4, -0.2) is 68.1 Å². The van der Waals surface area contributed by atoms with Gasteiger partial charge in [-0.2, -0.15) is 0 Å². The van der Waals surface area contributed by atoms with Gasteiger partial charge in [-0.3, -0.25) is 19.3 Å². The third kappa shape index (κ3) is 7.43. The van der Waals surface area contributed by atoms with Crippen molar-refractivity contribution in [3.05, 3.63) is 45.1 Å². The summed E-state index contributed by atoms with van der Waals surface area (Å²) in [6, 6.07) is 6.81. The second kappa shape index (κ2) is 13.6. The topological polar surface area (TPSA) is 91.0 Å². The van der Waals surface area contributed by atoms with Crippen molar-refractivity contribution in [3.63, 3.8) is 0 Å². The molecule has 1 aromatic heterocycles. The first-order chi connectivity index (χ1) is 19.8. The van der Waals surface area contributed by atoms with E-state index in [-0.39, 0.29) is 61.0 Å². The van der Waals surface area contributed by atoms with Crippen LogP contribution < -0.4 is 15.5 Å². The number of morpholine rings is 1.